The lowest BCUT2D eigenvalue weighted by atomic mass is 9.85. The van der Waals surface area contributed by atoms with Crippen LogP contribution in [0.3, 0.4) is 0 Å². The predicted molar refractivity (Wildman–Crippen MR) is 153 cm³/mol. The Morgan fingerprint density at radius 2 is 1.54 bits per heavy atom. The number of benzene rings is 2. The number of likely N-dealkylation sites (tertiary alicyclic amines) is 1. The number of allylic oxidation sites excluding steroid dienone is 2. The van der Waals surface area contributed by atoms with E-state index in [9.17, 15) is 23.6 Å². The van der Waals surface area contributed by atoms with Gasteiger partial charge in [0.25, 0.3) is 0 Å². The first-order valence-electron chi connectivity index (χ1n) is 14.8. The maximum absolute atomic E-state index is 14.8. The summed E-state index contributed by atoms with van der Waals surface area (Å²) >= 11 is 0. The third-order valence-corrected chi connectivity index (χ3v) is 8.67. The maximum Gasteiger partial charge on any atom is 0.243 e. The second kappa shape index (κ2) is 13.2. The summed E-state index contributed by atoms with van der Waals surface area (Å²) in [5.74, 6) is -2.36. The number of rotatable bonds is 10. The van der Waals surface area contributed by atoms with E-state index in [0.717, 1.165) is 37.7 Å². The molecule has 216 valence electrons. The monoisotopic (exact) mass is 559 g/mol. The number of carbonyl (C=O) groups is 4. The van der Waals surface area contributed by atoms with Crippen LogP contribution in [0.15, 0.2) is 66.7 Å². The van der Waals surface area contributed by atoms with Crippen molar-refractivity contribution in [3.63, 3.8) is 0 Å². The number of hydrogen-bond donors (Lipinski definition) is 1. The molecule has 0 aromatic heterocycles. The largest absolute Gasteiger partial charge is 0.352 e. The van der Waals surface area contributed by atoms with Gasteiger partial charge in [-0.2, -0.15) is 0 Å². The summed E-state index contributed by atoms with van der Waals surface area (Å²) in [5, 5.41) is 3.17. The number of nitrogens with one attached hydrogen (secondary N) is 1. The van der Waals surface area contributed by atoms with E-state index in [-0.39, 0.29) is 61.5 Å². The van der Waals surface area contributed by atoms with E-state index in [4.69, 9.17) is 0 Å². The van der Waals surface area contributed by atoms with Gasteiger partial charge in [0.1, 0.15) is 11.9 Å². The summed E-state index contributed by atoms with van der Waals surface area (Å²) < 4.78 is 14.8. The molecular weight excluding hydrogens is 521 g/mol. The molecule has 0 unspecified atom stereocenters. The normalized spacial score (nSPS) is 21.4. The van der Waals surface area contributed by atoms with E-state index in [1.54, 1.807) is 18.2 Å². The molecule has 2 fully saturated rings. The van der Waals surface area contributed by atoms with E-state index < -0.39 is 17.8 Å². The fraction of sp³-hybridized carbons (Fsp3) is 0.455. The molecule has 41 heavy (non-hydrogen) atoms. The molecule has 0 spiro atoms. The van der Waals surface area contributed by atoms with E-state index in [0.29, 0.717) is 18.4 Å². The third-order valence-electron chi connectivity index (χ3n) is 8.67. The number of nitrogens with zero attached hydrogens (tertiary/aromatic N) is 2. The lowest BCUT2D eigenvalue weighted by Gasteiger charge is -2.34. The Morgan fingerprint density at radius 1 is 0.902 bits per heavy atom. The van der Waals surface area contributed by atoms with Crippen molar-refractivity contribution in [3.05, 3.63) is 83.7 Å². The standard InChI is InChI=1S/C33H38FN3O4/c34-28-18-10-7-13-24(28)22-37(30(38)19-20-36-32(40)26-16-8-9-17-27(26)33(36)41)29(21-23-11-3-1-4-12-23)31(39)35-25-14-5-2-6-15-25/h1,3-4,7-13,18,25-27,29H,2,5-6,14-17,19-22H2,(H,35,39)/t26-,27+,29-/m1/s1. The number of fused-ring (bicyclic) bond motifs is 1. The highest BCUT2D eigenvalue weighted by atomic mass is 19.1. The quantitative estimate of drug-likeness (QED) is 0.342. The van der Waals surface area contributed by atoms with Gasteiger partial charge in [0.15, 0.2) is 0 Å². The molecule has 1 heterocycles. The average Bonchev–Trinajstić information content (AvgIpc) is 3.24. The van der Waals surface area contributed by atoms with Crippen LogP contribution in [0.4, 0.5) is 4.39 Å². The highest BCUT2D eigenvalue weighted by molar-refractivity contribution is 6.05. The van der Waals surface area contributed by atoms with Crippen LogP contribution in [0.25, 0.3) is 0 Å². The molecule has 1 saturated heterocycles. The van der Waals surface area contributed by atoms with E-state index in [1.165, 1.54) is 15.9 Å². The van der Waals surface area contributed by atoms with Gasteiger partial charge in [-0.05, 0) is 37.3 Å². The third kappa shape index (κ3) is 6.75. The molecule has 1 saturated carbocycles. The van der Waals surface area contributed by atoms with Crippen LogP contribution in [-0.2, 0) is 32.1 Å². The predicted octanol–water partition coefficient (Wildman–Crippen LogP) is 4.56. The summed E-state index contributed by atoms with van der Waals surface area (Å²) in [5.41, 5.74) is 1.18. The van der Waals surface area contributed by atoms with Crippen molar-refractivity contribution in [1.82, 2.24) is 15.1 Å². The van der Waals surface area contributed by atoms with Gasteiger partial charge >= 0.3 is 0 Å². The molecule has 8 heteroatoms. The number of amides is 4. The first kappa shape index (κ1) is 28.7. The topological polar surface area (TPSA) is 86.8 Å². The maximum atomic E-state index is 14.8. The molecule has 2 aliphatic carbocycles. The van der Waals surface area contributed by atoms with Gasteiger partial charge in [-0.25, -0.2) is 4.39 Å². The fourth-order valence-corrected chi connectivity index (χ4v) is 6.35. The molecule has 0 radical (unpaired) electrons. The molecule has 3 atom stereocenters. The van der Waals surface area contributed by atoms with Crippen molar-refractivity contribution in [2.24, 2.45) is 11.8 Å². The van der Waals surface area contributed by atoms with Gasteiger partial charge in [-0.15, -0.1) is 0 Å². The SMILES string of the molecule is O=C(NC1CCCCC1)[C@@H](Cc1ccccc1)N(Cc1ccccc1F)C(=O)CCN1C(=O)[C@H]2CC=CC[C@H]2C1=O. The van der Waals surface area contributed by atoms with E-state index in [1.807, 2.05) is 42.5 Å². The minimum Gasteiger partial charge on any atom is -0.352 e. The van der Waals surface area contributed by atoms with Crippen molar-refractivity contribution in [2.45, 2.75) is 76.4 Å². The van der Waals surface area contributed by atoms with Crippen LogP contribution < -0.4 is 5.32 Å². The Kier molecular flexibility index (Phi) is 9.27. The van der Waals surface area contributed by atoms with Crippen LogP contribution in [0.1, 0.15) is 62.5 Å². The van der Waals surface area contributed by atoms with Crippen molar-refractivity contribution in [1.29, 1.82) is 0 Å². The summed E-state index contributed by atoms with van der Waals surface area (Å²) in [7, 11) is 0. The molecule has 2 aromatic rings. The molecule has 0 bridgehead atoms. The first-order valence-corrected chi connectivity index (χ1v) is 14.8. The summed E-state index contributed by atoms with van der Waals surface area (Å²) in [4.78, 5) is 56.4. The Hall–Kier alpha value is -3.81. The summed E-state index contributed by atoms with van der Waals surface area (Å²) in [6.07, 6.45) is 10.0. The molecule has 1 N–H and O–H groups in total. The van der Waals surface area contributed by atoms with Gasteiger partial charge in [-0.3, -0.25) is 24.1 Å². The number of hydrogen-bond acceptors (Lipinski definition) is 4. The fourth-order valence-electron chi connectivity index (χ4n) is 6.35. The highest BCUT2D eigenvalue weighted by Crippen LogP contribution is 2.35. The van der Waals surface area contributed by atoms with Crippen molar-refractivity contribution >= 4 is 23.6 Å². The molecule has 5 rings (SSSR count). The number of imide groups is 1. The van der Waals surface area contributed by atoms with Gasteiger partial charge in [0.2, 0.25) is 23.6 Å². The molecular formula is C33H38FN3O4. The minimum absolute atomic E-state index is 0.0386. The molecule has 7 nitrogen and oxygen atoms in total. The molecule has 2 aromatic carbocycles. The van der Waals surface area contributed by atoms with Crippen molar-refractivity contribution < 1.29 is 23.6 Å². The zero-order chi connectivity index (χ0) is 28.8. The van der Waals surface area contributed by atoms with E-state index in [2.05, 4.69) is 5.32 Å². The average molecular weight is 560 g/mol. The zero-order valence-electron chi connectivity index (χ0n) is 23.3. The Labute approximate surface area is 240 Å². The van der Waals surface area contributed by atoms with Crippen LogP contribution in [0, 0.1) is 17.7 Å². The Morgan fingerprint density at radius 3 is 2.20 bits per heavy atom. The van der Waals surface area contributed by atoms with Gasteiger partial charge in [0, 0.05) is 37.5 Å². The smallest absolute Gasteiger partial charge is 0.243 e. The van der Waals surface area contributed by atoms with Crippen molar-refractivity contribution in [3.8, 4) is 0 Å². The van der Waals surface area contributed by atoms with Crippen LogP contribution in [-0.4, -0.2) is 52.1 Å². The van der Waals surface area contributed by atoms with Gasteiger partial charge in [0.05, 0.1) is 11.8 Å². The second-order valence-electron chi connectivity index (χ2n) is 11.4. The van der Waals surface area contributed by atoms with E-state index >= 15 is 0 Å². The summed E-state index contributed by atoms with van der Waals surface area (Å²) in [6, 6.07) is 14.9. The minimum atomic E-state index is -0.886. The lowest BCUT2D eigenvalue weighted by Crippen LogP contribution is -2.53. The second-order valence-corrected chi connectivity index (χ2v) is 11.4. The number of carbonyl (C=O) groups excluding carboxylic acids is 4. The van der Waals surface area contributed by atoms with Gasteiger partial charge < -0.3 is 10.2 Å². The lowest BCUT2D eigenvalue weighted by molar-refractivity contribution is -0.144. The summed E-state index contributed by atoms with van der Waals surface area (Å²) in [6.45, 7) is -0.155. The van der Waals surface area contributed by atoms with Gasteiger partial charge in [-0.1, -0.05) is 79.9 Å². The zero-order valence-corrected chi connectivity index (χ0v) is 23.3. The first-order chi connectivity index (χ1) is 19.9. The Bertz CT molecular complexity index is 1260. The molecule has 1 aliphatic heterocycles. The molecule has 3 aliphatic rings. The van der Waals surface area contributed by atoms with Crippen molar-refractivity contribution in [2.75, 3.05) is 6.54 Å². The number of halogens is 1. The highest BCUT2D eigenvalue weighted by Gasteiger charge is 2.47. The molecule has 4 amide bonds. The van der Waals surface area contributed by atoms with Crippen LogP contribution in [0.5, 0.6) is 0 Å². The van der Waals surface area contributed by atoms with Crippen LogP contribution >= 0.6 is 0 Å². The van der Waals surface area contributed by atoms with Crippen LogP contribution in [0.2, 0.25) is 0 Å². The Balaban J connectivity index is 1.39.